The first kappa shape index (κ1) is 18.5. The zero-order valence-corrected chi connectivity index (χ0v) is 15.6. The fourth-order valence-corrected chi connectivity index (χ4v) is 3.44. The van der Waals surface area contributed by atoms with E-state index in [1.807, 2.05) is 5.38 Å². The van der Waals surface area contributed by atoms with Gasteiger partial charge in [0.05, 0.1) is 22.2 Å². The van der Waals surface area contributed by atoms with Crippen LogP contribution < -0.4 is 16.0 Å². The van der Waals surface area contributed by atoms with Gasteiger partial charge in [-0.15, -0.1) is 11.3 Å². The minimum Gasteiger partial charge on any atom is -0.376 e. The lowest BCUT2D eigenvalue weighted by Crippen LogP contribution is -2.35. The summed E-state index contributed by atoms with van der Waals surface area (Å²) in [5, 5.41) is 10.4. The number of amides is 2. The van der Waals surface area contributed by atoms with Gasteiger partial charge in [0, 0.05) is 13.2 Å². The second-order valence-corrected chi connectivity index (χ2v) is 7.13. The molecular formula is C18H19N3O3S2. The molecule has 0 aliphatic carbocycles. The molecule has 1 aromatic heterocycles. The van der Waals surface area contributed by atoms with E-state index in [0.717, 1.165) is 19.4 Å². The normalized spacial score (nSPS) is 16.1. The number of benzene rings is 1. The van der Waals surface area contributed by atoms with E-state index in [2.05, 4.69) is 16.0 Å². The quantitative estimate of drug-likeness (QED) is 0.686. The maximum atomic E-state index is 12.5. The minimum absolute atomic E-state index is 0.0743. The Morgan fingerprint density at radius 2 is 2.04 bits per heavy atom. The third-order valence-corrected chi connectivity index (χ3v) is 4.98. The summed E-state index contributed by atoms with van der Waals surface area (Å²) >= 11 is 6.52. The van der Waals surface area contributed by atoms with Gasteiger partial charge in [-0.3, -0.25) is 14.9 Å². The van der Waals surface area contributed by atoms with Crippen molar-refractivity contribution in [3.63, 3.8) is 0 Å². The third-order valence-electron chi connectivity index (χ3n) is 3.91. The molecule has 2 heterocycles. The Bertz CT molecular complexity index is 787. The van der Waals surface area contributed by atoms with E-state index in [1.165, 1.54) is 11.3 Å². The number of hydrogen-bond acceptors (Lipinski definition) is 5. The highest BCUT2D eigenvalue weighted by molar-refractivity contribution is 7.80. The standard InChI is InChI=1S/C18H19N3O3S2/c22-16(19-11-12-5-3-9-24-12)13-6-1-2-7-14(13)20-18(25)21-17(23)15-8-4-10-26-15/h1-2,4,6-8,10,12H,3,5,9,11H2,(H,19,22)(H2,20,21,23,25). The van der Waals surface area contributed by atoms with Gasteiger partial charge in [0.1, 0.15) is 0 Å². The Morgan fingerprint density at radius 3 is 2.77 bits per heavy atom. The Kier molecular flexibility index (Phi) is 6.32. The van der Waals surface area contributed by atoms with Gasteiger partial charge in [-0.2, -0.15) is 0 Å². The van der Waals surface area contributed by atoms with E-state index >= 15 is 0 Å². The molecule has 1 saturated heterocycles. The number of anilines is 1. The van der Waals surface area contributed by atoms with Crippen LogP contribution in [0.15, 0.2) is 41.8 Å². The molecule has 1 aliphatic rings. The second kappa shape index (κ2) is 8.88. The predicted molar refractivity (Wildman–Crippen MR) is 106 cm³/mol. The van der Waals surface area contributed by atoms with Gasteiger partial charge in [0.25, 0.3) is 11.8 Å². The molecular weight excluding hydrogens is 370 g/mol. The Hall–Kier alpha value is -2.29. The largest absolute Gasteiger partial charge is 0.376 e. The van der Waals surface area contributed by atoms with Crippen LogP contribution >= 0.6 is 23.6 Å². The summed E-state index contributed by atoms with van der Waals surface area (Å²) in [6.45, 7) is 1.23. The molecule has 136 valence electrons. The van der Waals surface area contributed by atoms with E-state index in [4.69, 9.17) is 17.0 Å². The zero-order valence-electron chi connectivity index (χ0n) is 14.0. The molecule has 6 nitrogen and oxygen atoms in total. The van der Waals surface area contributed by atoms with Crippen molar-refractivity contribution in [3.8, 4) is 0 Å². The molecule has 0 radical (unpaired) electrons. The maximum absolute atomic E-state index is 12.5. The first-order valence-electron chi connectivity index (χ1n) is 8.28. The van der Waals surface area contributed by atoms with Crippen molar-refractivity contribution in [2.24, 2.45) is 0 Å². The molecule has 0 spiro atoms. The van der Waals surface area contributed by atoms with Gasteiger partial charge >= 0.3 is 0 Å². The van der Waals surface area contributed by atoms with Crippen LogP contribution in [-0.2, 0) is 4.74 Å². The number of carbonyl (C=O) groups is 2. The highest BCUT2D eigenvalue weighted by Gasteiger charge is 2.18. The number of hydrogen-bond donors (Lipinski definition) is 3. The highest BCUT2D eigenvalue weighted by atomic mass is 32.1. The van der Waals surface area contributed by atoms with E-state index in [1.54, 1.807) is 36.4 Å². The van der Waals surface area contributed by atoms with Crippen molar-refractivity contribution in [2.75, 3.05) is 18.5 Å². The number of nitrogens with one attached hydrogen (secondary N) is 3. The van der Waals surface area contributed by atoms with Crippen LogP contribution in [0.3, 0.4) is 0 Å². The van der Waals surface area contributed by atoms with Crippen LogP contribution in [0, 0.1) is 0 Å². The van der Waals surface area contributed by atoms with E-state index in [-0.39, 0.29) is 23.0 Å². The molecule has 1 aromatic carbocycles. The molecule has 1 aliphatic heterocycles. The monoisotopic (exact) mass is 389 g/mol. The Morgan fingerprint density at radius 1 is 1.19 bits per heavy atom. The second-order valence-electron chi connectivity index (χ2n) is 5.78. The maximum Gasteiger partial charge on any atom is 0.267 e. The van der Waals surface area contributed by atoms with Crippen LogP contribution in [0.1, 0.15) is 32.9 Å². The van der Waals surface area contributed by atoms with Gasteiger partial charge < -0.3 is 15.4 Å². The highest BCUT2D eigenvalue weighted by Crippen LogP contribution is 2.16. The topological polar surface area (TPSA) is 79.5 Å². The van der Waals surface area contributed by atoms with Crippen LogP contribution in [0.4, 0.5) is 5.69 Å². The molecule has 0 saturated carbocycles. The molecule has 0 bridgehead atoms. The number of para-hydroxylation sites is 1. The summed E-state index contributed by atoms with van der Waals surface area (Å²) in [4.78, 5) is 25.1. The predicted octanol–water partition coefficient (Wildman–Crippen LogP) is 2.78. The van der Waals surface area contributed by atoms with Gasteiger partial charge in [-0.05, 0) is 48.6 Å². The molecule has 1 unspecified atom stereocenters. The molecule has 3 rings (SSSR count). The summed E-state index contributed by atoms with van der Waals surface area (Å²) in [7, 11) is 0. The fourth-order valence-electron chi connectivity index (χ4n) is 2.62. The summed E-state index contributed by atoms with van der Waals surface area (Å²) in [6, 6.07) is 10.5. The Labute approximate surface area is 160 Å². The van der Waals surface area contributed by atoms with E-state index in [9.17, 15) is 9.59 Å². The molecule has 2 aromatic rings. The lowest BCUT2D eigenvalue weighted by molar-refractivity contribution is 0.0858. The summed E-state index contributed by atoms with van der Waals surface area (Å²) in [6.07, 6.45) is 2.06. The van der Waals surface area contributed by atoms with Crippen molar-refractivity contribution in [2.45, 2.75) is 18.9 Å². The summed E-state index contributed by atoms with van der Waals surface area (Å²) < 4.78 is 5.52. The van der Waals surface area contributed by atoms with Crippen molar-refractivity contribution >= 4 is 46.2 Å². The third kappa shape index (κ3) is 4.87. The van der Waals surface area contributed by atoms with E-state index < -0.39 is 0 Å². The van der Waals surface area contributed by atoms with Gasteiger partial charge in [-0.25, -0.2) is 0 Å². The SMILES string of the molecule is O=C(NC(=S)Nc1ccccc1C(=O)NCC1CCCO1)c1cccs1. The Balaban J connectivity index is 1.59. The summed E-state index contributed by atoms with van der Waals surface area (Å²) in [5.74, 6) is -0.492. The zero-order chi connectivity index (χ0) is 18.4. The van der Waals surface area contributed by atoms with Crippen molar-refractivity contribution in [1.29, 1.82) is 0 Å². The van der Waals surface area contributed by atoms with Crippen LogP contribution in [0.25, 0.3) is 0 Å². The molecule has 3 N–H and O–H groups in total. The first-order chi connectivity index (χ1) is 12.6. The number of thiophene rings is 1. The molecule has 26 heavy (non-hydrogen) atoms. The fraction of sp³-hybridized carbons (Fsp3) is 0.278. The molecule has 1 atom stereocenters. The van der Waals surface area contributed by atoms with Crippen LogP contribution in [0.2, 0.25) is 0 Å². The van der Waals surface area contributed by atoms with Crippen LogP contribution in [-0.4, -0.2) is 36.2 Å². The van der Waals surface area contributed by atoms with Gasteiger partial charge in [-0.1, -0.05) is 18.2 Å². The van der Waals surface area contributed by atoms with Crippen molar-refractivity contribution < 1.29 is 14.3 Å². The molecule has 1 fully saturated rings. The molecule has 2 amide bonds. The number of carbonyl (C=O) groups excluding carboxylic acids is 2. The number of rotatable bonds is 5. The summed E-state index contributed by atoms with van der Waals surface area (Å²) in [5.41, 5.74) is 0.993. The van der Waals surface area contributed by atoms with Gasteiger partial charge in [0.15, 0.2) is 5.11 Å². The van der Waals surface area contributed by atoms with Crippen LogP contribution in [0.5, 0.6) is 0 Å². The molecule has 8 heteroatoms. The number of thiocarbonyl (C=S) groups is 1. The van der Waals surface area contributed by atoms with Gasteiger partial charge in [0.2, 0.25) is 0 Å². The van der Waals surface area contributed by atoms with Crippen molar-refractivity contribution in [1.82, 2.24) is 10.6 Å². The first-order valence-corrected chi connectivity index (χ1v) is 9.57. The minimum atomic E-state index is -0.280. The number of ether oxygens (including phenoxy) is 1. The van der Waals surface area contributed by atoms with E-state index in [0.29, 0.717) is 22.7 Å². The average molecular weight is 390 g/mol. The lowest BCUT2D eigenvalue weighted by Gasteiger charge is -2.15. The smallest absolute Gasteiger partial charge is 0.267 e. The average Bonchev–Trinajstić information content (AvgIpc) is 3.33. The lowest BCUT2D eigenvalue weighted by atomic mass is 10.1. The van der Waals surface area contributed by atoms with Crippen molar-refractivity contribution in [3.05, 3.63) is 52.2 Å².